The van der Waals surface area contributed by atoms with Crippen molar-refractivity contribution in [1.82, 2.24) is 20.6 Å². The van der Waals surface area contributed by atoms with Crippen molar-refractivity contribution < 1.29 is 33.4 Å². The van der Waals surface area contributed by atoms with Crippen LogP contribution in [0.5, 0.6) is 5.75 Å². The summed E-state index contributed by atoms with van der Waals surface area (Å²) in [6, 6.07) is 29.5. The van der Waals surface area contributed by atoms with Crippen LogP contribution in [-0.4, -0.2) is 34.0 Å². The van der Waals surface area contributed by atoms with Crippen LogP contribution in [0.25, 0.3) is 10.4 Å². The maximum absolute atomic E-state index is 13.4. The fourth-order valence-corrected chi connectivity index (χ4v) is 5.64. The minimum absolute atomic E-state index is 0.0966. The molecule has 0 aliphatic rings. The molecule has 3 heterocycles. The fraction of sp³-hybridized carbons (Fsp3) is 0.143. The van der Waals surface area contributed by atoms with Gasteiger partial charge in [-0.15, -0.1) is 11.3 Å². The predicted octanol–water partition coefficient (Wildman–Crippen LogP) is 8.56. The predicted molar refractivity (Wildman–Crippen MR) is 209 cm³/mol. The molecule has 0 saturated carbocycles. The number of anilines is 1. The van der Waals surface area contributed by atoms with E-state index in [2.05, 4.69) is 25.9 Å². The lowest BCUT2D eigenvalue weighted by atomic mass is 10.1. The second-order valence-electron chi connectivity index (χ2n) is 11.5. The average Bonchev–Trinajstić information content (AvgIpc) is 3.78. The third-order valence-corrected chi connectivity index (χ3v) is 8.62. The first kappa shape index (κ1) is 39.3. The average molecular weight is 758 g/mol. The summed E-state index contributed by atoms with van der Waals surface area (Å²) in [5.41, 5.74) is 4.83. The smallest absolute Gasteiger partial charge is 0.407 e. The number of benzene rings is 3. The largest absolute Gasteiger partial charge is 0.445 e. The van der Waals surface area contributed by atoms with Crippen molar-refractivity contribution in [3.8, 4) is 16.2 Å². The zero-order valence-corrected chi connectivity index (χ0v) is 31.0. The van der Waals surface area contributed by atoms with Crippen LogP contribution in [0, 0.1) is 0 Å². The Morgan fingerprint density at radius 3 is 1.71 bits per heavy atom. The Kier molecular flexibility index (Phi) is 14.6. The third kappa shape index (κ3) is 12.1. The second kappa shape index (κ2) is 20.4. The maximum atomic E-state index is 13.4. The minimum Gasteiger partial charge on any atom is -0.445 e. The van der Waals surface area contributed by atoms with Crippen LogP contribution < -0.4 is 20.7 Å². The van der Waals surface area contributed by atoms with E-state index >= 15 is 0 Å². The number of carbonyl (C=O) groups excluding carboxylic acids is 4. The molecule has 0 fully saturated rings. The minimum atomic E-state index is -0.629. The van der Waals surface area contributed by atoms with Gasteiger partial charge in [-0.1, -0.05) is 56.3 Å². The summed E-state index contributed by atoms with van der Waals surface area (Å²) in [5.74, 6) is -0.885. The molecule has 3 N–H and O–H groups in total. The Hall–Kier alpha value is -6.86. The quantitative estimate of drug-likeness (QED) is 0.0776. The van der Waals surface area contributed by atoms with E-state index in [1.54, 1.807) is 104 Å². The third-order valence-electron chi connectivity index (χ3n) is 7.70. The van der Waals surface area contributed by atoms with E-state index in [4.69, 9.17) is 14.2 Å². The van der Waals surface area contributed by atoms with E-state index < -0.39 is 24.1 Å². The van der Waals surface area contributed by atoms with Crippen molar-refractivity contribution in [2.75, 3.05) is 5.32 Å². The molecule has 3 aromatic heterocycles. The molecule has 0 aliphatic heterocycles. The number of hydrogen-bond acceptors (Lipinski definition) is 10. The number of ether oxygens (including phenoxy) is 3. The van der Waals surface area contributed by atoms with Gasteiger partial charge in [0.1, 0.15) is 13.2 Å². The van der Waals surface area contributed by atoms with E-state index in [0.717, 1.165) is 32.7 Å². The molecule has 280 valence electrons. The van der Waals surface area contributed by atoms with Crippen molar-refractivity contribution in [3.63, 3.8) is 0 Å². The molecule has 6 aromatic rings. The van der Waals surface area contributed by atoms with Gasteiger partial charge < -0.3 is 30.2 Å². The van der Waals surface area contributed by atoms with Gasteiger partial charge in [-0.05, 0) is 82.7 Å². The van der Waals surface area contributed by atoms with Gasteiger partial charge in [0, 0.05) is 59.4 Å². The lowest BCUT2D eigenvalue weighted by Crippen LogP contribution is -2.23. The number of alkyl carbamates (subject to hydrolysis) is 2. The molecular formula is C42H39N5O7S. The van der Waals surface area contributed by atoms with E-state index in [9.17, 15) is 19.2 Å². The standard InChI is InChI=1S/C40H33N5O7S.C2H6/c46-37(31-11-7-27(8-12-31)23-43-39(48)50-25-29-4-1-17-41-21-29)45-34-20-33(36-6-3-19-53-36)15-16-35(34)52-38(47)32-13-9-28(10-14-32)24-44-40(49)51-26-30-5-2-18-42-22-30;1-2/h1-22H,23-26H2,(H,43,48)(H,44,49)(H,45,46);1-2H3. The van der Waals surface area contributed by atoms with Crippen molar-refractivity contribution in [3.05, 3.63) is 167 Å². The summed E-state index contributed by atoms with van der Waals surface area (Å²) in [7, 11) is 0. The molecule has 0 spiro atoms. The van der Waals surface area contributed by atoms with Crippen LogP contribution in [0.2, 0.25) is 0 Å². The zero-order chi connectivity index (χ0) is 38.8. The normalized spacial score (nSPS) is 10.2. The molecule has 0 radical (unpaired) electrons. The zero-order valence-electron chi connectivity index (χ0n) is 30.2. The van der Waals surface area contributed by atoms with Gasteiger partial charge in [-0.3, -0.25) is 14.8 Å². The van der Waals surface area contributed by atoms with Crippen LogP contribution in [-0.2, 0) is 35.8 Å². The molecule has 12 nitrogen and oxygen atoms in total. The molecule has 0 bridgehead atoms. The molecule has 0 atom stereocenters. The van der Waals surface area contributed by atoms with Gasteiger partial charge >= 0.3 is 18.2 Å². The first-order valence-electron chi connectivity index (χ1n) is 17.4. The maximum Gasteiger partial charge on any atom is 0.407 e. The SMILES string of the molecule is CC.O=C(NCc1ccc(C(=O)Nc2cc(-c3cccs3)ccc2OC(=O)c2ccc(CNC(=O)OCc3cccnc3)cc2)cc1)OCc1cccnc1. The van der Waals surface area contributed by atoms with Crippen molar-refractivity contribution in [1.29, 1.82) is 0 Å². The number of aromatic nitrogens is 2. The molecule has 6 rings (SSSR count). The number of carbonyl (C=O) groups is 4. The fourth-order valence-electron chi connectivity index (χ4n) is 4.91. The molecular weight excluding hydrogens is 719 g/mol. The van der Waals surface area contributed by atoms with Gasteiger partial charge in [0.25, 0.3) is 5.91 Å². The van der Waals surface area contributed by atoms with E-state index in [1.165, 1.54) is 11.3 Å². The number of nitrogens with one attached hydrogen (secondary N) is 3. The highest BCUT2D eigenvalue weighted by Crippen LogP contribution is 2.34. The van der Waals surface area contributed by atoms with Crippen LogP contribution in [0.15, 0.2) is 133 Å². The summed E-state index contributed by atoms with van der Waals surface area (Å²) >= 11 is 1.54. The Labute approximate surface area is 322 Å². The topological polar surface area (TPSA) is 158 Å². The molecule has 55 heavy (non-hydrogen) atoms. The number of nitrogens with zero attached hydrogens (tertiary/aromatic N) is 2. The summed E-state index contributed by atoms with van der Waals surface area (Å²) in [6.45, 7) is 4.59. The molecule has 0 saturated heterocycles. The summed E-state index contributed by atoms with van der Waals surface area (Å²) in [5, 5.41) is 10.2. The van der Waals surface area contributed by atoms with Crippen LogP contribution in [0.1, 0.15) is 56.8 Å². The number of amides is 3. The Morgan fingerprint density at radius 1 is 0.636 bits per heavy atom. The number of esters is 1. The highest BCUT2D eigenvalue weighted by atomic mass is 32.1. The van der Waals surface area contributed by atoms with Crippen molar-refractivity contribution in [2.24, 2.45) is 0 Å². The number of rotatable bonds is 13. The number of pyridine rings is 2. The first-order valence-corrected chi connectivity index (χ1v) is 18.3. The highest BCUT2D eigenvalue weighted by molar-refractivity contribution is 7.13. The second-order valence-corrected chi connectivity index (χ2v) is 12.5. The van der Waals surface area contributed by atoms with Gasteiger partial charge in [-0.2, -0.15) is 0 Å². The van der Waals surface area contributed by atoms with Gasteiger partial charge in [0.2, 0.25) is 0 Å². The first-order chi connectivity index (χ1) is 26.9. The van der Waals surface area contributed by atoms with Crippen molar-refractivity contribution in [2.45, 2.75) is 40.2 Å². The number of thiophene rings is 1. The molecule has 13 heteroatoms. The van der Waals surface area contributed by atoms with E-state index in [0.29, 0.717) is 11.3 Å². The molecule has 0 unspecified atom stereocenters. The summed E-state index contributed by atoms with van der Waals surface area (Å²) in [6.07, 6.45) is 5.36. The van der Waals surface area contributed by atoms with Crippen LogP contribution >= 0.6 is 11.3 Å². The van der Waals surface area contributed by atoms with Gasteiger partial charge in [0.15, 0.2) is 5.75 Å². The van der Waals surface area contributed by atoms with Crippen LogP contribution in [0.3, 0.4) is 0 Å². The molecule has 0 aliphatic carbocycles. The Bertz CT molecular complexity index is 2150. The highest BCUT2D eigenvalue weighted by Gasteiger charge is 2.17. The van der Waals surface area contributed by atoms with E-state index in [-0.39, 0.29) is 37.6 Å². The monoisotopic (exact) mass is 757 g/mol. The molecule has 3 aromatic carbocycles. The van der Waals surface area contributed by atoms with Crippen LogP contribution in [0.4, 0.5) is 15.3 Å². The summed E-state index contributed by atoms with van der Waals surface area (Å²) in [4.78, 5) is 59.8. The lowest BCUT2D eigenvalue weighted by Gasteiger charge is -2.14. The number of hydrogen-bond donors (Lipinski definition) is 3. The Balaban J connectivity index is 0.00000285. The summed E-state index contributed by atoms with van der Waals surface area (Å²) < 4.78 is 16.2. The van der Waals surface area contributed by atoms with Gasteiger partial charge in [-0.25, -0.2) is 14.4 Å². The van der Waals surface area contributed by atoms with Gasteiger partial charge in [0.05, 0.1) is 11.3 Å². The van der Waals surface area contributed by atoms with E-state index in [1.807, 2.05) is 43.5 Å². The Morgan fingerprint density at radius 2 is 1.20 bits per heavy atom. The lowest BCUT2D eigenvalue weighted by molar-refractivity contribution is 0.0734. The van der Waals surface area contributed by atoms with Crippen molar-refractivity contribution >= 4 is 41.1 Å². The molecule has 3 amide bonds.